The highest BCUT2D eigenvalue weighted by Crippen LogP contribution is 2.45. The molecule has 0 saturated carbocycles. The van der Waals surface area contributed by atoms with Crippen LogP contribution in [0.4, 0.5) is 0 Å². The van der Waals surface area contributed by atoms with Crippen molar-refractivity contribution in [1.82, 2.24) is 14.6 Å². The number of hydrogen-bond acceptors (Lipinski definition) is 6. The molecule has 7 nitrogen and oxygen atoms in total. The van der Waals surface area contributed by atoms with Crippen molar-refractivity contribution in [2.75, 3.05) is 7.11 Å². The summed E-state index contributed by atoms with van der Waals surface area (Å²) in [6, 6.07) is 9.94. The highest BCUT2D eigenvalue weighted by Gasteiger charge is 2.21. The van der Waals surface area contributed by atoms with Gasteiger partial charge in [0.25, 0.3) is 0 Å². The fourth-order valence-corrected chi connectivity index (χ4v) is 4.13. The first-order valence-electron chi connectivity index (χ1n) is 8.57. The number of thiophene rings is 1. The molecule has 142 valence electrons. The zero-order valence-electron chi connectivity index (χ0n) is 15.0. The number of methoxy groups -OCH3 is 1. The van der Waals surface area contributed by atoms with E-state index in [4.69, 9.17) is 9.84 Å². The van der Waals surface area contributed by atoms with E-state index < -0.39 is 5.97 Å². The Hall–Kier alpha value is -3.39. The van der Waals surface area contributed by atoms with E-state index in [1.807, 2.05) is 35.7 Å². The number of aromatic nitrogens is 3. The first-order chi connectivity index (χ1) is 13.6. The average Bonchev–Trinajstić information content (AvgIpc) is 3.32. The second-order valence-electron chi connectivity index (χ2n) is 6.17. The number of nitrogens with zero attached hydrogens (tertiary/aromatic N) is 3. The molecule has 3 aromatic heterocycles. The summed E-state index contributed by atoms with van der Waals surface area (Å²) in [5, 5.41) is 25.6. The molecule has 8 heteroatoms. The van der Waals surface area contributed by atoms with E-state index in [0.29, 0.717) is 11.2 Å². The van der Waals surface area contributed by atoms with Crippen LogP contribution in [0.15, 0.2) is 48.1 Å². The third-order valence-corrected chi connectivity index (χ3v) is 5.46. The lowest BCUT2D eigenvalue weighted by atomic mass is 10.1. The lowest BCUT2D eigenvalue weighted by Gasteiger charge is -2.07. The van der Waals surface area contributed by atoms with Gasteiger partial charge in [-0.05, 0) is 12.0 Å². The molecule has 0 radical (unpaired) electrons. The van der Waals surface area contributed by atoms with Crippen LogP contribution < -0.4 is 4.74 Å². The SMILES string of the molecule is COc1c(-c2ccccc2)csc1-c1cnn2c(O)c(CCC(=O)O)cnc12. The number of aliphatic carboxylic acids is 1. The summed E-state index contributed by atoms with van der Waals surface area (Å²) in [4.78, 5) is 16.1. The monoisotopic (exact) mass is 395 g/mol. The molecule has 4 aromatic rings. The van der Waals surface area contributed by atoms with E-state index in [2.05, 4.69) is 10.1 Å². The second-order valence-corrected chi connectivity index (χ2v) is 7.05. The van der Waals surface area contributed by atoms with E-state index in [1.165, 1.54) is 22.0 Å². The van der Waals surface area contributed by atoms with E-state index >= 15 is 0 Å². The number of fused-ring (bicyclic) bond motifs is 1. The summed E-state index contributed by atoms with van der Waals surface area (Å²) in [7, 11) is 1.62. The lowest BCUT2D eigenvalue weighted by Crippen LogP contribution is -2.01. The smallest absolute Gasteiger partial charge is 0.303 e. The Morgan fingerprint density at radius 1 is 1.21 bits per heavy atom. The van der Waals surface area contributed by atoms with E-state index in [9.17, 15) is 9.90 Å². The van der Waals surface area contributed by atoms with Gasteiger partial charge in [-0.15, -0.1) is 11.3 Å². The maximum absolute atomic E-state index is 10.8. The third-order valence-electron chi connectivity index (χ3n) is 4.46. The first kappa shape index (κ1) is 18.0. The Balaban J connectivity index is 1.79. The van der Waals surface area contributed by atoms with Crippen molar-refractivity contribution in [1.29, 1.82) is 0 Å². The predicted molar refractivity (Wildman–Crippen MR) is 106 cm³/mol. The zero-order chi connectivity index (χ0) is 19.7. The Bertz CT molecular complexity index is 1150. The Morgan fingerprint density at radius 2 is 2.00 bits per heavy atom. The minimum Gasteiger partial charge on any atom is -0.495 e. The molecule has 0 aliphatic heterocycles. The molecule has 28 heavy (non-hydrogen) atoms. The molecule has 0 aliphatic rings. The first-order valence-corrected chi connectivity index (χ1v) is 9.45. The van der Waals surface area contributed by atoms with Gasteiger partial charge in [0.1, 0.15) is 5.75 Å². The molecular formula is C20H17N3O4S. The van der Waals surface area contributed by atoms with Gasteiger partial charge in [-0.2, -0.15) is 9.61 Å². The van der Waals surface area contributed by atoms with Crippen molar-refractivity contribution in [3.05, 3.63) is 53.7 Å². The molecule has 0 saturated heterocycles. The van der Waals surface area contributed by atoms with Gasteiger partial charge >= 0.3 is 5.97 Å². The molecular weight excluding hydrogens is 378 g/mol. The summed E-state index contributed by atoms with van der Waals surface area (Å²) in [6.07, 6.45) is 3.22. The largest absolute Gasteiger partial charge is 0.495 e. The Labute approximate surface area is 164 Å². The van der Waals surface area contributed by atoms with E-state index in [0.717, 1.165) is 27.3 Å². The number of hydrogen-bond donors (Lipinski definition) is 2. The van der Waals surface area contributed by atoms with Crippen molar-refractivity contribution in [2.24, 2.45) is 0 Å². The number of benzene rings is 1. The average molecular weight is 395 g/mol. The van der Waals surface area contributed by atoms with Crippen LogP contribution in [0.3, 0.4) is 0 Å². The quantitative estimate of drug-likeness (QED) is 0.515. The molecule has 0 aliphatic carbocycles. The molecule has 0 fully saturated rings. The fraction of sp³-hybridized carbons (Fsp3) is 0.150. The Kier molecular flexibility index (Phi) is 4.70. The van der Waals surface area contributed by atoms with Gasteiger partial charge in [0.2, 0.25) is 5.88 Å². The van der Waals surface area contributed by atoms with Gasteiger partial charge in [-0.1, -0.05) is 30.3 Å². The topological polar surface area (TPSA) is 97.0 Å². The van der Waals surface area contributed by atoms with Crippen LogP contribution in [-0.4, -0.2) is 37.9 Å². The third kappa shape index (κ3) is 3.07. The summed E-state index contributed by atoms with van der Waals surface area (Å²) >= 11 is 1.51. The van der Waals surface area contributed by atoms with Crippen molar-refractivity contribution < 1.29 is 19.7 Å². The van der Waals surface area contributed by atoms with Crippen LogP contribution in [0.1, 0.15) is 12.0 Å². The zero-order valence-corrected chi connectivity index (χ0v) is 15.8. The highest BCUT2D eigenvalue weighted by molar-refractivity contribution is 7.14. The number of aryl methyl sites for hydroxylation is 1. The van der Waals surface area contributed by atoms with Crippen molar-refractivity contribution in [3.63, 3.8) is 0 Å². The van der Waals surface area contributed by atoms with Gasteiger partial charge in [0.05, 0.1) is 23.7 Å². The summed E-state index contributed by atoms with van der Waals surface area (Å²) in [5.74, 6) is -0.309. The Morgan fingerprint density at radius 3 is 2.71 bits per heavy atom. The summed E-state index contributed by atoms with van der Waals surface area (Å²) in [6.45, 7) is 0. The fourth-order valence-electron chi connectivity index (χ4n) is 3.08. The van der Waals surface area contributed by atoms with Gasteiger partial charge in [-0.3, -0.25) is 4.79 Å². The molecule has 1 aromatic carbocycles. The summed E-state index contributed by atoms with van der Waals surface area (Å²) < 4.78 is 7.01. The lowest BCUT2D eigenvalue weighted by molar-refractivity contribution is -0.136. The summed E-state index contributed by atoms with van der Waals surface area (Å²) in [5.41, 5.74) is 3.68. The highest BCUT2D eigenvalue weighted by atomic mass is 32.1. The van der Waals surface area contributed by atoms with E-state index in [-0.39, 0.29) is 18.7 Å². The molecule has 0 unspecified atom stereocenters. The van der Waals surface area contributed by atoms with Gasteiger partial charge in [0, 0.05) is 29.1 Å². The standard InChI is InChI=1S/C20H17N3O4S/c1-27-17-15(12-5-3-2-4-6-12)11-28-18(17)14-10-22-23-19(14)21-9-13(20(23)26)7-8-16(24)25/h2-6,9-11,26H,7-8H2,1H3,(H,24,25). The molecule has 2 N–H and O–H groups in total. The molecule has 3 heterocycles. The van der Waals surface area contributed by atoms with Crippen LogP contribution in [0.25, 0.3) is 27.2 Å². The van der Waals surface area contributed by atoms with Gasteiger partial charge in [0.15, 0.2) is 5.65 Å². The van der Waals surface area contributed by atoms with Crippen LogP contribution in [0, 0.1) is 0 Å². The number of carboxylic acid groups (broad SMARTS) is 1. The van der Waals surface area contributed by atoms with E-state index in [1.54, 1.807) is 13.3 Å². The maximum Gasteiger partial charge on any atom is 0.303 e. The number of aromatic hydroxyl groups is 1. The molecule has 0 spiro atoms. The van der Waals surface area contributed by atoms with Crippen molar-refractivity contribution in [3.8, 4) is 33.2 Å². The van der Waals surface area contributed by atoms with Gasteiger partial charge < -0.3 is 14.9 Å². The van der Waals surface area contributed by atoms with Crippen LogP contribution in [0.5, 0.6) is 11.6 Å². The maximum atomic E-state index is 10.8. The molecule has 0 atom stereocenters. The van der Waals surface area contributed by atoms with Crippen LogP contribution in [0.2, 0.25) is 0 Å². The molecule has 0 bridgehead atoms. The molecule has 4 rings (SSSR count). The molecule has 0 amide bonds. The van der Waals surface area contributed by atoms with Gasteiger partial charge in [-0.25, -0.2) is 4.98 Å². The minimum atomic E-state index is -0.933. The van der Waals surface area contributed by atoms with Crippen molar-refractivity contribution >= 4 is 23.0 Å². The minimum absolute atomic E-state index is 0.0892. The number of ether oxygens (including phenoxy) is 1. The predicted octanol–water partition coefficient (Wildman–Crippen LogP) is 3.86. The van der Waals surface area contributed by atoms with Crippen LogP contribution in [-0.2, 0) is 11.2 Å². The number of rotatable bonds is 6. The van der Waals surface area contributed by atoms with Crippen LogP contribution >= 0.6 is 11.3 Å². The normalized spacial score (nSPS) is 11.0. The second kappa shape index (κ2) is 7.32. The number of carbonyl (C=O) groups is 1. The van der Waals surface area contributed by atoms with Crippen molar-refractivity contribution in [2.45, 2.75) is 12.8 Å². The number of carboxylic acids is 1.